The maximum atomic E-state index is 5.35. The largest absolute Gasteiger partial charge is 0.228 e. The van der Waals surface area contributed by atoms with Crippen molar-refractivity contribution in [1.29, 1.82) is 0 Å². The predicted molar refractivity (Wildman–Crippen MR) is 239 cm³/mol. The molecule has 9 aromatic carbocycles. The van der Waals surface area contributed by atoms with Gasteiger partial charge in [0.15, 0.2) is 5.82 Å². The minimum Gasteiger partial charge on any atom is -0.228 e. The summed E-state index contributed by atoms with van der Waals surface area (Å²) in [7, 11) is 0. The van der Waals surface area contributed by atoms with Gasteiger partial charge in [0.05, 0.1) is 11.4 Å². The van der Waals surface area contributed by atoms with Crippen molar-refractivity contribution in [3.8, 4) is 67.3 Å². The zero-order valence-corrected chi connectivity index (χ0v) is 31.9. The summed E-state index contributed by atoms with van der Waals surface area (Å²) in [5.41, 5.74) is 15.0. The van der Waals surface area contributed by atoms with Crippen molar-refractivity contribution in [2.75, 3.05) is 0 Å². The highest BCUT2D eigenvalue weighted by Gasteiger charge is 2.36. The van der Waals surface area contributed by atoms with Gasteiger partial charge >= 0.3 is 0 Å². The molecular weight excluding hydrogens is 689 g/mol. The topological polar surface area (TPSA) is 25.8 Å². The standard InChI is InChI=1S/C55H38N2/c1-55(2)50-33-40(26-27-47(50)49-31-37-17-6-7-18-38(37)32-51(49)55)44-28-29-48(46-24-11-10-23-45(44)46)54-56-52(36-15-4-3-5-16-36)34-53(57-54)41-21-12-20-39(30-41)43-25-13-19-35-14-8-9-22-42(35)43/h3-34H,1-2H3. The van der Waals surface area contributed by atoms with Crippen LogP contribution < -0.4 is 0 Å². The Hall–Kier alpha value is -7.16. The lowest BCUT2D eigenvalue weighted by molar-refractivity contribution is 0.661. The molecule has 0 atom stereocenters. The number of hydrogen-bond acceptors (Lipinski definition) is 2. The monoisotopic (exact) mass is 726 g/mol. The van der Waals surface area contributed by atoms with E-state index in [1.165, 1.54) is 65.9 Å². The van der Waals surface area contributed by atoms with Gasteiger partial charge in [-0.3, -0.25) is 0 Å². The third-order valence-corrected chi connectivity index (χ3v) is 12.1. The van der Waals surface area contributed by atoms with Crippen molar-refractivity contribution in [3.05, 3.63) is 205 Å². The van der Waals surface area contributed by atoms with E-state index < -0.39 is 0 Å². The fourth-order valence-electron chi connectivity index (χ4n) is 9.13. The Labute approximate surface area is 332 Å². The molecule has 0 saturated heterocycles. The molecule has 2 nitrogen and oxygen atoms in total. The molecule has 1 aliphatic carbocycles. The van der Waals surface area contributed by atoms with Crippen LogP contribution in [0.2, 0.25) is 0 Å². The zero-order chi connectivity index (χ0) is 38.1. The van der Waals surface area contributed by atoms with Crippen LogP contribution in [0, 0.1) is 0 Å². The third-order valence-electron chi connectivity index (χ3n) is 12.1. The second-order valence-corrected chi connectivity index (χ2v) is 15.8. The third kappa shape index (κ3) is 5.48. The summed E-state index contributed by atoms with van der Waals surface area (Å²) in [6.45, 7) is 4.73. The van der Waals surface area contributed by atoms with Gasteiger partial charge in [-0.2, -0.15) is 0 Å². The lowest BCUT2D eigenvalue weighted by Crippen LogP contribution is -2.15. The molecular formula is C55H38N2. The van der Waals surface area contributed by atoms with Crippen LogP contribution in [0.25, 0.3) is 99.6 Å². The fourth-order valence-corrected chi connectivity index (χ4v) is 9.13. The minimum absolute atomic E-state index is 0.118. The van der Waals surface area contributed by atoms with Crippen LogP contribution >= 0.6 is 0 Å². The molecule has 1 heterocycles. The Morgan fingerprint density at radius 3 is 1.65 bits per heavy atom. The van der Waals surface area contributed by atoms with Crippen LogP contribution in [0.3, 0.4) is 0 Å². The van der Waals surface area contributed by atoms with E-state index in [0.29, 0.717) is 5.82 Å². The van der Waals surface area contributed by atoms with Gasteiger partial charge < -0.3 is 0 Å². The van der Waals surface area contributed by atoms with Crippen LogP contribution in [0.15, 0.2) is 194 Å². The first kappa shape index (κ1) is 33.2. The first-order chi connectivity index (χ1) is 28.0. The Kier molecular flexibility index (Phi) is 7.55. The fraction of sp³-hybridized carbons (Fsp3) is 0.0545. The van der Waals surface area contributed by atoms with Gasteiger partial charge in [-0.05, 0) is 113 Å². The number of fused-ring (bicyclic) bond motifs is 6. The lowest BCUT2D eigenvalue weighted by Gasteiger charge is -2.22. The Morgan fingerprint density at radius 1 is 0.316 bits per heavy atom. The second-order valence-electron chi connectivity index (χ2n) is 15.8. The van der Waals surface area contributed by atoms with E-state index in [4.69, 9.17) is 9.97 Å². The van der Waals surface area contributed by atoms with E-state index >= 15 is 0 Å². The van der Waals surface area contributed by atoms with Gasteiger partial charge in [-0.1, -0.05) is 172 Å². The molecule has 0 bridgehead atoms. The highest BCUT2D eigenvalue weighted by molar-refractivity contribution is 6.05. The molecule has 0 N–H and O–H groups in total. The Morgan fingerprint density at radius 2 is 0.842 bits per heavy atom. The van der Waals surface area contributed by atoms with Crippen molar-refractivity contribution in [2.45, 2.75) is 19.3 Å². The lowest BCUT2D eigenvalue weighted by atomic mass is 9.81. The van der Waals surface area contributed by atoms with Gasteiger partial charge in [0.2, 0.25) is 0 Å². The van der Waals surface area contributed by atoms with Crippen molar-refractivity contribution >= 4 is 32.3 Å². The molecule has 11 rings (SSSR count). The number of hydrogen-bond donors (Lipinski definition) is 0. The minimum atomic E-state index is -0.118. The average Bonchev–Trinajstić information content (AvgIpc) is 3.49. The molecule has 0 radical (unpaired) electrons. The zero-order valence-electron chi connectivity index (χ0n) is 31.9. The number of nitrogens with zero attached hydrogens (tertiary/aromatic N) is 2. The van der Waals surface area contributed by atoms with Crippen molar-refractivity contribution in [2.24, 2.45) is 0 Å². The smallest absolute Gasteiger partial charge is 0.161 e. The molecule has 0 spiro atoms. The predicted octanol–water partition coefficient (Wildman–Crippen LogP) is 14.6. The SMILES string of the molecule is CC1(C)c2cc(-c3ccc(-c4nc(-c5ccccc5)cc(-c5cccc(-c6cccc7ccccc67)c5)n4)c4ccccc34)ccc2-c2cc3ccccc3cc21. The molecule has 10 aromatic rings. The van der Waals surface area contributed by atoms with Crippen LogP contribution in [-0.4, -0.2) is 9.97 Å². The van der Waals surface area contributed by atoms with Crippen LogP contribution in [0.5, 0.6) is 0 Å². The summed E-state index contributed by atoms with van der Waals surface area (Å²) in [5, 5.41) is 7.35. The van der Waals surface area contributed by atoms with Gasteiger partial charge in [0, 0.05) is 22.1 Å². The first-order valence-corrected chi connectivity index (χ1v) is 19.7. The van der Waals surface area contributed by atoms with E-state index in [-0.39, 0.29) is 5.41 Å². The Bertz CT molecular complexity index is 3210. The van der Waals surface area contributed by atoms with Crippen molar-refractivity contribution < 1.29 is 0 Å². The number of aromatic nitrogens is 2. The first-order valence-electron chi connectivity index (χ1n) is 19.7. The van der Waals surface area contributed by atoms with Crippen LogP contribution in [0.4, 0.5) is 0 Å². The molecule has 57 heavy (non-hydrogen) atoms. The normalized spacial score (nSPS) is 12.9. The summed E-state index contributed by atoms with van der Waals surface area (Å²) < 4.78 is 0. The molecule has 268 valence electrons. The van der Waals surface area contributed by atoms with Gasteiger partial charge in [-0.15, -0.1) is 0 Å². The van der Waals surface area contributed by atoms with E-state index in [2.05, 4.69) is 202 Å². The Balaban J connectivity index is 1.05. The number of benzene rings is 9. The maximum absolute atomic E-state index is 5.35. The average molecular weight is 727 g/mol. The van der Waals surface area contributed by atoms with Gasteiger partial charge in [0.25, 0.3) is 0 Å². The quantitative estimate of drug-likeness (QED) is 0.176. The number of rotatable bonds is 5. The maximum Gasteiger partial charge on any atom is 0.161 e. The molecule has 1 aliphatic rings. The molecule has 2 heteroatoms. The van der Waals surface area contributed by atoms with Gasteiger partial charge in [0.1, 0.15) is 0 Å². The molecule has 0 amide bonds. The van der Waals surface area contributed by atoms with Crippen LogP contribution in [0.1, 0.15) is 25.0 Å². The summed E-state index contributed by atoms with van der Waals surface area (Å²) in [6, 6.07) is 70.2. The van der Waals surface area contributed by atoms with Gasteiger partial charge in [-0.25, -0.2) is 9.97 Å². The van der Waals surface area contributed by atoms with E-state index in [9.17, 15) is 0 Å². The van der Waals surface area contributed by atoms with E-state index in [0.717, 1.165) is 39.0 Å². The van der Waals surface area contributed by atoms with Crippen molar-refractivity contribution in [1.82, 2.24) is 9.97 Å². The highest BCUT2D eigenvalue weighted by atomic mass is 14.9. The summed E-state index contributed by atoms with van der Waals surface area (Å²) in [4.78, 5) is 10.6. The summed E-state index contributed by atoms with van der Waals surface area (Å²) in [5.74, 6) is 0.710. The molecule has 0 fully saturated rings. The highest BCUT2D eigenvalue weighted by Crippen LogP contribution is 2.51. The molecule has 1 aromatic heterocycles. The van der Waals surface area contributed by atoms with E-state index in [1.54, 1.807) is 0 Å². The van der Waals surface area contributed by atoms with E-state index in [1.807, 2.05) is 6.07 Å². The molecule has 0 aliphatic heterocycles. The molecule has 0 unspecified atom stereocenters. The van der Waals surface area contributed by atoms with Crippen LogP contribution in [-0.2, 0) is 5.41 Å². The molecule has 0 saturated carbocycles. The summed E-state index contributed by atoms with van der Waals surface area (Å²) >= 11 is 0. The van der Waals surface area contributed by atoms with Crippen molar-refractivity contribution in [3.63, 3.8) is 0 Å². The summed E-state index contributed by atoms with van der Waals surface area (Å²) in [6.07, 6.45) is 0. The second kappa shape index (κ2) is 13.0.